The second-order valence-electron chi connectivity index (χ2n) is 5.47. The summed E-state index contributed by atoms with van der Waals surface area (Å²) in [5, 5.41) is 13.0. The Labute approximate surface area is 143 Å². The first-order valence-corrected chi connectivity index (χ1v) is 9.52. The minimum absolute atomic E-state index is 0.0705. The number of aromatic nitrogens is 2. The molecule has 0 atom stereocenters. The average molecular weight is 365 g/mol. The molecule has 1 amide bonds. The van der Waals surface area contributed by atoms with Crippen LogP contribution in [-0.2, 0) is 14.8 Å². The molecule has 1 aromatic heterocycles. The van der Waals surface area contributed by atoms with Crippen LogP contribution in [0.3, 0.4) is 0 Å². The van der Waals surface area contributed by atoms with Gasteiger partial charge in [0.2, 0.25) is 5.13 Å². The van der Waals surface area contributed by atoms with E-state index in [1.54, 1.807) is 12.1 Å². The molecular weight excluding hydrogens is 350 g/mol. The molecule has 1 aromatic carbocycles. The fraction of sp³-hybridized carbons (Fsp3) is 0.286. The summed E-state index contributed by atoms with van der Waals surface area (Å²) in [6.45, 7) is 3.95. The zero-order chi connectivity index (χ0) is 17.3. The van der Waals surface area contributed by atoms with Gasteiger partial charge >= 0.3 is 0 Å². The molecule has 8 nitrogen and oxygen atoms in total. The van der Waals surface area contributed by atoms with Gasteiger partial charge in [0.25, 0.3) is 15.9 Å². The van der Waals surface area contributed by atoms with Crippen molar-refractivity contribution in [2.24, 2.45) is 11.0 Å². The minimum atomic E-state index is -3.74. The Morgan fingerprint density at radius 1 is 1.25 bits per heavy atom. The van der Waals surface area contributed by atoms with E-state index in [0.29, 0.717) is 5.69 Å². The molecule has 2 aromatic rings. The summed E-state index contributed by atoms with van der Waals surface area (Å²) >= 11 is 1.09. The minimum Gasteiger partial charge on any atom is -0.272 e. The maximum atomic E-state index is 12.3. The Morgan fingerprint density at radius 2 is 1.96 bits per heavy atom. The number of carbonyl (C=O) groups excluding carboxylic acids is 1. The van der Waals surface area contributed by atoms with Gasteiger partial charge in [-0.1, -0.05) is 25.2 Å². The molecule has 3 rings (SSSR count). The highest BCUT2D eigenvalue weighted by atomic mass is 32.2. The van der Waals surface area contributed by atoms with Gasteiger partial charge in [0.1, 0.15) is 5.51 Å². The number of amides is 1. The number of nitrogens with one attached hydrogen (secondary N) is 1. The number of hydrogen-bond donors (Lipinski definition) is 1. The maximum Gasteiger partial charge on any atom is 0.263 e. The molecule has 0 saturated heterocycles. The van der Waals surface area contributed by atoms with Gasteiger partial charge in [-0.15, -0.1) is 10.2 Å². The van der Waals surface area contributed by atoms with Crippen LogP contribution < -0.4 is 9.73 Å². The molecule has 0 aliphatic carbocycles. The summed E-state index contributed by atoms with van der Waals surface area (Å²) in [6.07, 6.45) is 0.288. The topological polar surface area (TPSA) is 105 Å². The van der Waals surface area contributed by atoms with Crippen molar-refractivity contribution in [3.63, 3.8) is 0 Å². The lowest BCUT2D eigenvalue weighted by Gasteiger charge is -2.12. The zero-order valence-electron chi connectivity index (χ0n) is 13.0. The van der Waals surface area contributed by atoms with Gasteiger partial charge in [-0.25, -0.2) is 13.4 Å². The molecule has 0 spiro atoms. The lowest BCUT2D eigenvalue weighted by atomic mass is 10.1. The first-order chi connectivity index (χ1) is 11.4. The van der Waals surface area contributed by atoms with Crippen LogP contribution in [-0.4, -0.2) is 30.2 Å². The van der Waals surface area contributed by atoms with Gasteiger partial charge in [0.05, 0.1) is 22.7 Å². The molecule has 1 aliphatic heterocycles. The van der Waals surface area contributed by atoms with Crippen molar-refractivity contribution in [1.82, 2.24) is 10.2 Å². The molecule has 0 unspecified atom stereocenters. The lowest BCUT2D eigenvalue weighted by molar-refractivity contribution is -0.116. The quantitative estimate of drug-likeness (QED) is 0.873. The normalized spacial score (nSPS) is 15.0. The van der Waals surface area contributed by atoms with Crippen LogP contribution in [0.1, 0.15) is 20.3 Å². The van der Waals surface area contributed by atoms with Gasteiger partial charge in [-0.2, -0.15) is 5.10 Å². The van der Waals surface area contributed by atoms with Crippen LogP contribution in [0.15, 0.2) is 39.8 Å². The number of carbonyl (C=O) groups is 1. The fourth-order valence-electron chi connectivity index (χ4n) is 2.13. The SMILES string of the molecule is CC(C)C1=NN(c2ccc(S(=O)(=O)Nc3nncs3)cc2)C(=O)C1. The zero-order valence-corrected chi connectivity index (χ0v) is 14.6. The predicted molar refractivity (Wildman–Crippen MR) is 91.5 cm³/mol. The highest BCUT2D eigenvalue weighted by Crippen LogP contribution is 2.25. The smallest absolute Gasteiger partial charge is 0.263 e. The number of benzene rings is 1. The van der Waals surface area contributed by atoms with Gasteiger partial charge in [0.15, 0.2) is 0 Å². The van der Waals surface area contributed by atoms with Crippen molar-refractivity contribution in [3.8, 4) is 0 Å². The third-order valence-electron chi connectivity index (χ3n) is 3.44. The first-order valence-electron chi connectivity index (χ1n) is 7.16. The van der Waals surface area contributed by atoms with Crippen molar-refractivity contribution in [3.05, 3.63) is 29.8 Å². The molecule has 1 N–H and O–H groups in total. The molecule has 1 aliphatic rings. The first kappa shape index (κ1) is 16.5. The van der Waals surface area contributed by atoms with Crippen molar-refractivity contribution in [2.75, 3.05) is 9.73 Å². The van der Waals surface area contributed by atoms with Crippen molar-refractivity contribution in [2.45, 2.75) is 25.2 Å². The summed E-state index contributed by atoms with van der Waals surface area (Å²) in [5.41, 5.74) is 2.78. The van der Waals surface area contributed by atoms with Crippen LogP contribution in [0.5, 0.6) is 0 Å². The molecule has 10 heteroatoms. The van der Waals surface area contributed by atoms with Crippen molar-refractivity contribution < 1.29 is 13.2 Å². The van der Waals surface area contributed by atoms with E-state index in [9.17, 15) is 13.2 Å². The number of hydrazone groups is 1. The van der Waals surface area contributed by atoms with E-state index < -0.39 is 10.0 Å². The Kier molecular flexibility index (Phi) is 4.33. The summed E-state index contributed by atoms with van der Waals surface area (Å²) in [6, 6.07) is 5.96. The molecule has 0 radical (unpaired) electrons. The van der Waals surface area contributed by atoms with Gasteiger partial charge in [-0.3, -0.25) is 9.52 Å². The number of anilines is 2. The number of nitrogens with zero attached hydrogens (tertiary/aromatic N) is 4. The van der Waals surface area contributed by atoms with E-state index in [1.807, 2.05) is 13.8 Å². The highest BCUT2D eigenvalue weighted by Gasteiger charge is 2.27. The molecular formula is C14H15N5O3S2. The Hall–Kier alpha value is -2.33. The van der Waals surface area contributed by atoms with Crippen molar-refractivity contribution >= 4 is 43.8 Å². The average Bonchev–Trinajstić information content (AvgIpc) is 3.16. The van der Waals surface area contributed by atoms with E-state index >= 15 is 0 Å². The standard InChI is InChI=1S/C14H15N5O3S2/c1-9(2)12-7-13(20)19(17-12)10-3-5-11(6-4-10)24(21,22)18-14-16-15-8-23-14/h3-6,8-9H,7H2,1-2H3,(H,16,18). The van der Waals surface area contributed by atoms with E-state index in [1.165, 1.54) is 22.7 Å². The molecule has 2 heterocycles. The third-order valence-corrected chi connectivity index (χ3v) is 5.53. The van der Waals surface area contributed by atoms with Gasteiger partial charge < -0.3 is 0 Å². The summed E-state index contributed by atoms with van der Waals surface area (Å²) in [4.78, 5) is 12.1. The Morgan fingerprint density at radius 3 is 2.50 bits per heavy atom. The van der Waals surface area contributed by atoms with Gasteiger partial charge in [-0.05, 0) is 30.2 Å². The van der Waals surface area contributed by atoms with Crippen LogP contribution in [0.4, 0.5) is 10.8 Å². The second kappa shape index (κ2) is 6.29. The molecule has 126 valence electrons. The molecule has 24 heavy (non-hydrogen) atoms. The Balaban J connectivity index is 1.82. The number of rotatable bonds is 5. The van der Waals surface area contributed by atoms with Crippen LogP contribution in [0, 0.1) is 5.92 Å². The van der Waals surface area contributed by atoms with E-state index in [2.05, 4.69) is 20.0 Å². The number of sulfonamides is 1. The van der Waals surface area contributed by atoms with Crippen LogP contribution >= 0.6 is 11.3 Å². The summed E-state index contributed by atoms with van der Waals surface area (Å²) in [7, 11) is -3.74. The Bertz CT molecular complexity index is 874. The second-order valence-corrected chi connectivity index (χ2v) is 7.99. The van der Waals surface area contributed by atoms with Gasteiger partial charge in [0, 0.05) is 0 Å². The lowest BCUT2D eigenvalue weighted by Crippen LogP contribution is -2.20. The van der Waals surface area contributed by atoms with Crippen LogP contribution in [0.2, 0.25) is 0 Å². The molecule has 0 bridgehead atoms. The van der Waals surface area contributed by atoms with E-state index in [0.717, 1.165) is 17.0 Å². The molecule has 0 saturated carbocycles. The fourth-order valence-corrected chi connectivity index (χ4v) is 3.82. The number of hydrogen-bond acceptors (Lipinski definition) is 7. The van der Waals surface area contributed by atoms with Crippen LogP contribution in [0.25, 0.3) is 0 Å². The highest BCUT2D eigenvalue weighted by molar-refractivity contribution is 7.93. The third kappa shape index (κ3) is 3.29. The summed E-state index contributed by atoms with van der Waals surface area (Å²) in [5.74, 6) is 0.0657. The van der Waals surface area contributed by atoms with Crippen molar-refractivity contribution in [1.29, 1.82) is 0 Å². The largest absolute Gasteiger partial charge is 0.272 e. The molecule has 0 fully saturated rings. The monoisotopic (exact) mass is 365 g/mol. The maximum absolute atomic E-state index is 12.3. The predicted octanol–water partition coefficient (Wildman–Crippen LogP) is 2.09. The van der Waals surface area contributed by atoms with E-state index in [-0.39, 0.29) is 28.3 Å². The van der Waals surface area contributed by atoms with E-state index in [4.69, 9.17) is 0 Å². The summed E-state index contributed by atoms with van der Waals surface area (Å²) < 4.78 is 26.9.